The topological polar surface area (TPSA) is 55.0 Å². The quantitative estimate of drug-likeness (QED) is 0.881. The first-order valence-corrected chi connectivity index (χ1v) is 6.89. The smallest absolute Gasteiger partial charge is 0.125 e. The van der Waals surface area contributed by atoms with Crippen LogP contribution in [0.2, 0.25) is 0 Å². The molecule has 0 amide bonds. The molecule has 1 saturated carbocycles. The maximum absolute atomic E-state index is 5.90. The number of nitrogens with two attached hydrogens (primary N) is 1. The lowest BCUT2D eigenvalue weighted by atomic mass is 9.83. The van der Waals surface area contributed by atoms with Crippen LogP contribution in [0, 0.1) is 12.8 Å². The van der Waals surface area contributed by atoms with E-state index in [4.69, 9.17) is 5.73 Å². The molecule has 1 aliphatic carbocycles. The molecule has 0 aliphatic heterocycles. The SMILES string of the molecule is Cc1nccc(CN(C)C2CCCCC2CN)n1. The van der Waals surface area contributed by atoms with Gasteiger partial charge in [-0.05, 0) is 45.3 Å². The van der Waals surface area contributed by atoms with Gasteiger partial charge in [0.2, 0.25) is 0 Å². The molecule has 18 heavy (non-hydrogen) atoms. The normalized spacial score (nSPS) is 24.4. The van der Waals surface area contributed by atoms with Crippen LogP contribution < -0.4 is 5.73 Å². The standard InChI is InChI=1S/C14H24N4/c1-11-16-8-7-13(17-11)10-18(2)14-6-4-3-5-12(14)9-15/h7-8,12,14H,3-6,9-10,15H2,1-2H3. The van der Waals surface area contributed by atoms with Gasteiger partial charge in [0.1, 0.15) is 5.82 Å². The average Bonchev–Trinajstić information content (AvgIpc) is 2.38. The molecule has 0 aromatic carbocycles. The Balaban J connectivity index is 1.99. The summed E-state index contributed by atoms with van der Waals surface area (Å²) >= 11 is 0. The average molecular weight is 248 g/mol. The van der Waals surface area contributed by atoms with Gasteiger partial charge in [-0.3, -0.25) is 4.90 Å². The predicted molar refractivity (Wildman–Crippen MR) is 73.0 cm³/mol. The molecule has 0 bridgehead atoms. The lowest BCUT2D eigenvalue weighted by molar-refractivity contribution is 0.126. The maximum atomic E-state index is 5.90. The van der Waals surface area contributed by atoms with E-state index in [0.29, 0.717) is 12.0 Å². The largest absolute Gasteiger partial charge is 0.330 e. The zero-order valence-corrected chi connectivity index (χ0v) is 11.5. The van der Waals surface area contributed by atoms with E-state index in [1.165, 1.54) is 25.7 Å². The Hall–Kier alpha value is -1.00. The van der Waals surface area contributed by atoms with Crippen molar-refractivity contribution in [3.63, 3.8) is 0 Å². The van der Waals surface area contributed by atoms with E-state index in [9.17, 15) is 0 Å². The summed E-state index contributed by atoms with van der Waals surface area (Å²) in [5, 5.41) is 0. The van der Waals surface area contributed by atoms with Crippen molar-refractivity contribution in [2.75, 3.05) is 13.6 Å². The van der Waals surface area contributed by atoms with Gasteiger partial charge < -0.3 is 5.73 Å². The molecule has 1 aromatic rings. The highest BCUT2D eigenvalue weighted by molar-refractivity contribution is 5.02. The zero-order valence-electron chi connectivity index (χ0n) is 11.5. The summed E-state index contributed by atoms with van der Waals surface area (Å²) < 4.78 is 0. The Morgan fingerprint density at radius 2 is 2.17 bits per heavy atom. The van der Waals surface area contributed by atoms with Gasteiger partial charge in [0.15, 0.2) is 0 Å². The van der Waals surface area contributed by atoms with Gasteiger partial charge in [0, 0.05) is 18.8 Å². The summed E-state index contributed by atoms with van der Waals surface area (Å²) in [6, 6.07) is 2.61. The molecule has 2 N–H and O–H groups in total. The Morgan fingerprint density at radius 3 is 2.89 bits per heavy atom. The highest BCUT2D eigenvalue weighted by atomic mass is 15.1. The molecule has 1 aromatic heterocycles. The van der Waals surface area contributed by atoms with Crippen LogP contribution in [0.5, 0.6) is 0 Å². The molecule has 1 aliphatic rings. The summed E-state index contributed by atoms with van der Waals surface area (Å²) in [5.41, 5.74) is 7.00. The number of rotatable bonds is 4. The van der Waals surface area contributed by atoms with Crippen molar-refractivity contribution in [1.29, 1.82) is 0 Å². The highest BCUT2D eigenvalue weighted by Gasteiger charge is 2.27. The van der Waals surface area contributed by atoms with Crippen LogP contribution >= 0.6 is 0 Å². The Kier molecular flexibility index (Phi) is 4.66. The Bertz CT molecular complexity index is 380. The summed E-state index contributed by atoms with van der Waals surface area (Å²) in [6.07, 6.45) is 7.04. The second-order valence-corrected chi connectivity index (χ2v) is 5.36. The van der Waals surface area contributed by atoms with Gasteiger partial charge in [-0.15, -0.1) is 0 Å². The second-order valence-electron chi connectivity index (χ2n) is 5.36. The minimum absolute atomic E-state index is 0.610. The van der Waals surface area contributed by atoms with Crippen LogP contribution in [-0.2, 0) is 6.54 Å². The van der Waals surface area contributed by atoms with Crippen molar-refractivity contribution < 1.29 is 0 Å². The first kappa shape index (κ1) is 13.4. The molecule has 0 spiro atoms. The van der Waals surface area contributed by atoms with E-state index in [1.807, 2.05) is 19.2 Å². The van der Waals surface area contributed by atoms with E-state index in [-0.39, 0.29) is 0 Å². The number of hydrogen-bond donors (Lipinski definition) is 1. The van der Waals surface area contributed by atoms with Crippen molar-refractivity contribution in [2.45, 2.75) is 45.2 Å². The predicted octanol–water partition coefficient (Wildman–Crippen LogP) is 1.73. The van der Waals surface area contributed by atoms with Crippen molar-refractivity contribution >= 4 is 0 Å². The van der Waals surface area contributed by atoms with Crippen LogP contribution in [-0.4, -0.2) is 34.5 Å². The van der Waals surface area contributed by atoms with Gasteiger partial charge in [-0.2, -0.15) is 0 Å². The monoisotopic (exact) mass is 248 g/mol. The van der Waals surface area contributed by atoms with Crippen molar-refractivity contribution in [3.8, 4) is 0 Å². The molecule has 1 fully saturated rings. The van der Waals surface area contributed by atoms with Crippen LogP contribution in [0.25, 0.3) is 0 Å². The van der Waals surface area contributed by atoms with Gasteiger partial charge in [0.25, 0.3) is 0 Å². The fourth-order valence-electron chi connectivity index (χ4n) is 3.01. The fraction of sp³-hybridized carbons (Fsp3) is 0.714. The van der Waals surface area contributed by atoms with E-state index < -0.39 is 0 Å². The van der Waals surface area contributed by atoms with E-state index in [0.717, 1.165) is 24.6 Å². The third kappa shape index (κ3) is 3.27. The summed E-state index contributed by atoms with van der Waals surface area (Å²) in [4.78, 5) is 11.0. The summed E-state index contributed by atoms with van der Waals surface area (Å²) in [5.74, 6) is 1.49. The van der Waals surface area contributed by atoms with Gasteiger partial charge in [-0.25, -0.2) is 9.97 Å². The van der Waals surface area contributed by atoms with E-state index in [2.05, 4.69) is 21.9 Å². The molecule has 1 heterocycles. The van der Waals surface area contributed by atoms with Crippen molar-refractivity contribution in [3.05, 3.63) is 23.8 Å². The molecule has 0 radical (unpaired) electrons. The van der Waals surface area contributed by atoms with Crippen molar-refractivity contribution in [1.82, 2.24) is 14.9 Å². The second kappa shape index (κ2) is 6.25. The van der Waals surface area contributed by atoms with Crippen LogP contribution in [0.1, 0.15) is 37.2 Å². The molecule has 2 atom stereocenters. The van der Waals surface area contributed by atoms with Crippen LogP contribution in [0.3, 0.4) is 0 Å². The van der Waals surface area contributed by atoms with Gasteiger partial charge in [-0.1, -0.05) is 12.8 Å². The molecular formula is C14H24N4. The molecule has 0 saturated heterocycles. The van der Waals surface area contributed by atoms with Crippen LogP contribution in [0.4, 0.5) is 0 Å². The number of hydrogen-bond acceptors (Lipinski definition) is 4. The number of aromatic nitrogens is 2. The third-order valence-corrected chi connectivity index (χ3v) is 3.98. The molecule has 2 unspecified atom stereocenters. The first-order chi connectivity index (χ1) is 8.70. The Morgan fingerprint density at radius 1 is 1.39 bits per heavy atom. The maximum Gasteiger partial charge on any atom is 0.125 e. The molecular weight excluding hydrogens is 224 g/mol. The van der Waals surface area contributed by atoms with Gasteiger partial charge in [0.05, 0.1) is 5.69 Å². The Labute approximate surface area is 110 Å². The van der Waals surface area contributed by atoms with Gasteiger partial charge >= 0.3 is 0 Å². The van der Waals surface area contributed by atoms with Crippen molar-refractivity contribution in [2.24, 2.45) is 11.7 Å². The summed E-state index contributed by atoms with van der Waals surface area (Å²) in [6.45, 7) is 3.63. The van der Waals surface area contributed by atoms with Crippen LogP contribution in [0.15, 0.2) is 12.3 Å². The zero-order chi connectivity index (χ0) is 13.0. The molecule has 2 rings (SSSR count). The first-order valence-electron chi connectivity index (χ1n) is 6.89. The minimum atomic E-state index is 0.610. The van der Waals surface area contributed by atoms with E-state index >= 15 is 0 Å². The third-order valence-electron chi connectivity index (χ3n) is 3.98. The minimum Gasteiger partial charge on any atom is -0.330 e. The highest BCUT2D eigenvalue weighted by Crippen LogP contribution is 2.27. The molecule has 100 valence electrons. The number of aryl methyl sites for hydroxylation is 1. The summed E-state index contributed by atoms with van der Waals surface area (Å²) in [7, 11) is 2.19. The lowest BCUT2D eigenvalue weighted by Crippen LogP contribution is -2.42. The lowest BCUT2D eigenvalue weighted by Gasteiger charge is -2.37. The molecule has 4 nitrogen and oxygen atoms in total. The molecule has 4 heteroatoms. The fourth-order valence-corrected chi connectivity index (χ4v) is 3.01. The van der Waals surface area contributed by atoms with E-state index in [1.54, 1.807) is 0 Å². The number of nitrogens with zero attached hydrogens (tertiary/aromatic N) is 3.